The van der Waals surface area contributed by atoms with Gasteiger partial charge < -0.3 is 21.3 Å². The van der Waals surface area contributed by atoms with Gasteiger partial charge in [0, 0.05) is 114 Å². The van der Waals surface area contributed by atoms with Crippen molar-refractivity contribution in [1.82, 2.24) is 72.6 Å². The number of pyridine rings is 3. The summed E-state index contributed by atoms with van der Waals surface area (Å²) in [5.74, 6) is -8.53. The summed E-state index contributed by atoms with van der Waals surface area (Å²) in [5, 5.41) is 16.7. The van der Waals surface area contributed by atoms with Crippen LogP contribution in [0.2, 0.25) is 5.15 Å². The van der Waals surface area contributed by atoms with E-state index in [0.717, 1.165) is 182 Å². The fraction of sp³-hybridized carbons (Fsp3) is 0.264. The van der Waals surface area contributed by atoms with Gasteiger partial charge in [-0.15, -0.1) is 0 Å². The Kier molecular flexibility index (Phi) is 33.6. The molecule has 0 aliphatic carbocycles. The molecule has 7 aromatic carbocycles. The van der Waals surface area contributed by atoms with E-state index in [2.05, 4.69) is 41.4 Å². The van der Waals surface area contributed by atoms with E-state index in [0.29, 0.717) is 43.0 Å². The predicted molar refractivity (Wildman–Crippen MR) is 473 cm³/mol. The molecule has 0 unspecified atom stereocenters. The van der Waals surface area contributed by atoms with Crippen molar-refractivity contribution in [2.45, 2.75) is 145 Å². The minimum atomic E-state index is -4.74. The summed E-state index contributed by atoms with van der Waals surface area (Å²) >= 11 is 6.04. The van der Waals surface area contributed by atoms with Crippen LogP contribution in [-0.2, 0) is 110 Å². The van der Waals surface area contributed by atoms with Gasteiger partial charge in [0.05, 0.1) is 59.7 Å². The third kappa shape index (κ3) is 27.3. The molecule has 782 valence electrons. The van der Waals surface area contributed by atoms with Crippen molar-refractivity contribution in [2.24, 2.45) is 0 Å². The van der Waals surface area contributed by atoms with Crippen LogP contribution in [-0.4, -0.2) is 184 Å². The smallest absolute Gasteiger partial charge is 0.351 e. The van der Waals surface area contributed by atoms with Crippen LogP contribution in [0.15, 0.2) is 249 Å². The SMILES string of the molecule is O=C(NCc1cc(Cl)nc(-c2ccc(C(F)(F)F)nc2)c1)[C@@H]1C[C@@H](F)CN1S(=O)(=O)c1ccc(F)cc1.O=C(NCc1cc(F)cc(-n2cc(C(F)(F)F)cn2)c1)[C@@H]1C[C@@H](F)CN1S(=O)(=O)c1ccc(F)cc1.O=C(NCc1cc(F)cc(-n2ccc(C(F)(F)F)cc2=O)c1)[C@@H]1C[C@@H](F)CN1S(=O)(=O)c1ccc(F)cc1.O=C(NCc1cc(F)cc(-n2ccc(C(F)(F)F)n2)c1)[C@@H]1C[C@@H](F)CN1S(=O)(=O)c1ccc(F)cc1. The second-order valence-electron chi connectivity index (χ2n) is 32.9. The number of aromatic nitrogens is 7. The molecule has 0 radical (unpaired) electrons. The number of sulfonamides is 4. The highest BCUT2D eigenvalue weighted by Crippen LogP contribution is 2.38. The molecule has 0 spiro atoms. The first-order valence-corrected chi connectivity index (χ1v) is 48.8. The molecule has 12 aromatic rings. The number of nitrogens with zero attached hydrogens (tertiary/aromatic N) is 11. The molecule has 0 saturated carbocycles. The normalized spacial score (nSPS) is 18.7. The summed E-state index contributed by atoms with van der Waals surface area (Å²) in [7, 11) is -17.3. The average Bonchev–Trinajstić information content (AvgIpc) is 1.66. The summed E-state index contributed by atoms with van der Waals surface area (Å²) in [4.78, 5) is 69.7. The number of hydrogen-bond acceptors (Lipinski definition) is 17. The molecule has 4 saturated heterocycles. The lowest BCUT2D eigenvalue weighted by Crippen LogP contribution is -2.45. The lowest BCUT2D eigenvalue weighted by molar-refractivity contribution is -0.142. The minimum Gasteiger partial charge on any atom is -0.351 e. The summed E-state index contributed by atoms with van der Waals surface area (Å²) in [6.45, 7) is -3.46. The van der Waals surface area contributed by atoms with Gasteiger partial charge in [-0.1, -0.05) is 11.6 Å². The van der Waals surface area contributed by atoms with E-state index >= 15 is 0 Å². The van der Waals surface area contributed by atoms with Crippen LogP contribution in [0.3, 0.4) is 0 Å². The molecule has 8 atom stereocenters. The van der Waals surface area contributed by atoms with Crippen LogP contribution >= 0.6 is 11.6 Å². The van der Waals surface area contributed by atoms with E-state index in [1.54, 1.807) is 0 Å². The predicted octanol–water partition coefficient (Wildman–Crippen LogP) is 15.1. The fourth-order valence-corrected chi connectivity index (χ4v) is 22.2. The zero-order valence-corrected chi connectivity index (χ0v) is 78.4. The van der Waals surface area contributed by atoms with Crippen molar-refractivity contribution in [3.05, 3.63) is 326 Å². The van der Waals surface area contributed by atoms with E-state index < -0.39 is 252 Å². The highest BCUT2D eigenvalue weighted by molar-refractivity contribution is 7.90. The Balaban J connectivity index is 0.000000164. The molecule has 4 N–H and O–H groups in total. The van der Waals surface area contributed by atoms with Crippen molar-refractivity contribution >= 4 is 75.3 Å². The maximum Gasteiger partial charge on any atom is 0.435 e. The first-order chi connectivity index (χ1) is 68.8. The van der Waals surface area contributed by atoms with Crippen molar-refractivity contribution in [1.29, 1.82) is 0 Å². The van der Waals surface area contributed by atoms with Gasteiger partial charge in [-0.3, -0.25) is 33.5 Å². The second kappa shape index (κ2) is 44.6. The molecule has 4 aliphatic rings. The van der Waals surface area contributed by atoms with Crippen molar-refractivity contribution in [2.75, 3.05) is 26.2 Å². The van der Waals surface area contributed by atoms with Crippen LogP contribution in [0.1, 0.15) is 70.5 Å². The van der Waals surface area contributed by atoms with Gasteiger partial charge in [-0.05, 0) is 210 Å². The highest BCUT2D eigenvalue weighted by Gasteiger charge is 2.49. The Hall–Kier alpha value is -13.6. The third-order valence-electron chi connectivity index (χ3n) is 22.5. The van der Waals surface area contributed by atoms with Gasteiger partial charge in [0.15, 0.2) is 5.69 Å². The molecule has 28 nitrogen and oxygen atoms in total. The van der Waals surface area contributed by atoms with Crippen molar-refractivity contribution < 1.29 is 154 Å². The number of nitrogens with one attached hydrogen (secondary N) is 4. The number of halogens is 24. The molecule has 4 aliphatic heterocycles. The van der Waals surface area contributed by atoms with Crippen molar-refractivity contribution in [3.63, 3.8) is 0 Å². The van der Waals surface area contributed by atoms with Crippen molar-refractivity contribution in [3.8, 4) is 28.3 Å². The topological polar surface area (TPSA) is 349 Å². The Morgan fingerprint density at radius 2 is 0.687 bits per heavy atom. The second-order valence-corrected chi connectivity index (χ2v) is 40.8. The molecule has 4 fully saturated rings. The van der Waals surface area contributed by atoms with Gasteiger partial charge in [-0.25, -0.2) is 96.3 Å². The van der Waals surface area contributed by atoms with Crippen LogP contribution < -0.4 is 26.8 Å². The number of carbonyl (C=O) groups is 4. The quantitative estimate of drug-likeness (QED) is 0.0322. The molecular formula is C91H73ClF23N15O13S4. The number of amides is 4. The highest BCUT2D eigenvalue weighted by atomic mass is 35.5. The zero-order chi connectivity index (χ0) is 107. The van der Waals surface area contributed by atoms with Crippen LogP contribution in [0, 0.1) is 40.7 Å². The molecular weight excluding hydrogens is 2110 g/mol. The summed E-state index contributed by atoms with van der Waals surface area (Å²) in [6, 6.07) is 26.1. The molecule has 9 heterocycles. The Morgan fingerprint density at radius 3 is 1.00 bits per heavy atom. The summed E-state index contributed by atoms with van der Waals surface area (Å²) in [6.07, 6.45) is -22.7. The fourth-order valence-electron chi connectivity index (χ4n) is 15.5. The lowest BCUT2D eigenvalue weighted by Gasteiger charge is -2.23. The average molecular weight is 2190 g/mol. The molecule has 0 bridgehead atoms. The van der Waals surface area contributed by atoms with Gasteiger partial charge in [0.25, 0.3) is 5.56 Å². The van der Waals surface area contributed by atoms with Gasteiger partial charge >= 0.3 is 24.7 Å². The van der Waals surface area contributed by atoms with Crippen LogP contribution in [0.4, 0.5) is 101 Å². The number of carbonyl (C=O) groups excluding carboxylic acids is 4. The first kappa shape index (κ1) is 111. The number of alkyl halides is 16. The van der Waals surface area contributed by atoms with E-state index in [-0.39, 0.29) is 102 Å². The Morgan fingerprint density at radius 1 is 0.354 bits per heavy atom. The van der Waals surface area contributed by atoms with E-state index in [4.69, 9.17) is 11.6 Å². The number of rotatable bonds is 24. The Bertz CT molecular complexity index is 7210. The largest absolute Gasteiger partial charge is 0.435 e. The standard InChI is InChI=1S/C24H19F6N3O4S.C23H18ClF5N4O3S.2C22H18F6N4O3S/c25-16-1-3-20(4-2-16)38(36,37)33-13-18(27)11-21(33)23(35)31-12-14-7-17(26)10-19(8-14)32-6-5-15(9-22(32)34)24(28,29)30;24-21-8-13(7-18(32-21)14-1-6-20(30-11-14)23(27,28)29)10-31-22(34)19-9-16(26)12-33(19)37(35,36)17-4-2-15(25)3-5-17;23-15-1-3-19(4-2-15)36(34,35)32-12-17(25)8-20(32)21(33)29-9-13-5-16(24)7-18(6-13)31-11-14(10-30-31)22(26,27)28;23-14-1-3-18(4-2-14)36(34,35)32-12-16(25)10-19(32)21(33)29-11-13-7-15(24)9-17(8-13)31-6-5-20(30-31)22(26,27)28/h1-10,18,21H,11-13H2,(H,31,35);1-8,11,16,19H,9-10,12H2,(H,31,34);1-7,10-11,17,20H,8-9,12H2,(H,29,33);1-9,16,19H,10-12H2,(H,29,33)/t18-,21+;16-,19+;17-,20+;16-,19+/m1111/s1. The molecule has 56 heteroatoms. The molecule has 4 amide bonds. The molecule has 147 heavy (non-hydrogen) atoms. The van der Waals surface area contributed by atoms with E-state index in [1.807, 2.05) is 0 Å². The van der Waals surface area contributed by atoms with Gasteiger partial charge in [0.1, 0.15) is 100 Å². The van der Waals surface area contributed by atoms with E-state index in [1.165, 1.54) is 36.4 Å². The monoisotopic (exact) mass is 2180 g/mol. The Labute approximate surface area is 823 Å². The first-order valence-electron chi connectivity index (χ1n) is 42.7. The lowest BCUT2D eigenvalue weighted by atomic mass is 10.1. The molecule has 16 rings (SSSR count). The van der Waals surface area contributed by atoms with Crippen LogP contribution in [0.5, 0.6) is 0 Å². The minimum absolute atomic E-state index is 0.00755. The molecule has 5 aromatic heterocycles. The summed E-state index contributed by atoms with van der Waals surface area (Å²) < 4.78 is 414. The maximum absolute atomic E-state index is 14.3. The van der Waals surface area contributed by atoms with E-state index in [9.17, 15) is 159 Å². The zero-order valence-electron chi connectivity index (χ0n) is 74.4. The summed E-state index contributed by atoms with van der Waals surface area (Å²) in [5.41, 5.74) is -4.49. The number of benzene rings is 7. The van der Waals surface area contributed by atoms with Gasteiger partial charge in [-0.2, -0.15) is 80.1 Å². The van der Waals surface area contributed by atoms with Gasteiger partial charge in [0.2, 0.25) is 63.7 Å². The number of hydrogen-bond donors (Lipinski definition) is 4. The van der Waals surface area contributed by atoms with Crippen LogP contribution in [0.25, 0.3) is 28.3 Å². The third-order valence-corrected chi connectivity index (χ3v) is 30.2. The maximum atomic E-state index is 14.3.